The Hall–Kier alpha value is -3.58. The molecule has 4 nitrogen and oxygen atoms in total. The first-order valence-corrected chi connectivity index (χ1v) is 12.0. The number of aliphatic imine (C=N–C) groups is 1. The number of rotatable bonds is 5. The van der Waals surface area contributed by atoms with Crippen molar-refractivity contribution in [2.45, 2.75) is 46.5 Å². The molecule has 38 heavy (non-hydrogen) atoms. The van der Waals surface area contributed by atoms with E-state index in [2.05, 4.69) is 28.0 Å². The number of benzene rings is 3. The Morgan fingerprint density at radius 1 is 1.03 bits per heavy atom. The van der Waals surface area contributed by atoms with Crippen LogP contribution in [-0.2, 0) is 9.53 Å². The molecule has 0 aromatic heterocycles. The van der Waals surface area contributed by atoms with Gasteiger partial charge in [-0.2, -0.15) is 0 Å². The minimum absolute atomic E-state index is 0. The van der Waals surface area contributed by atoms with Crippen LogP contribution in [0.3, 0.4) is 0 Å². The zero-order valence-corrected chi connectivity index (χ0v) is 21.4. The standard InChI is InChI=1S/C13H9F3O.C11H12ClN.C5H8O2.CH4/c14-13(15,16)17-12-8-6-11(7-9-12)10-4-2-1-3-5-10;1-8-6-7-11(13-8)9-4-2-3-5-10(9)12;1-3-5(6)7-4-2;/h1-9H;2-5,8H,6-7H2,1H3;3H,1,4H2,2H3;1H4. The number of carbonyl (C=O) groups is 1. The van der Waals surface area contributed by atoms with E-state index in [1.54, 1.807) is 19.1 Å². The van der Waals surface area contributed by atoms with Crippen LogP contribution in [0.5, 0.6) is 5.75 Å². The minimum Gasteiger partial charge on any atom is -0.463 e. The van der Waals surface area contributed by atoms with Crippen LogP contribution in [0.4, 0.5) is 13.2 Å². The van der Waals surface area contributed by atoms with E-state index in [-0.39, 0.29) is 19.1 Å². The highest BCUT2D eigenvalue weighted by Crippen LogP contribution is 2.26. The number of carbonyl (C=O) groups excluding carboxylic acids is 1. The SMILES string of the molecule is C.C=CC(=O)OCC.CC1CCC(c2ccccc2Cl)=N1.FC(F)(F)Oc1ccc(-c2ccccc2)cc1. The van der Waals surface area contributed by atoms with Crippen LogP contribution < -0.4 is 4.74 Å². The van der Waals surface area contributed by atoms with E-state index < -0.39 is 6.36 Å². The Bertz CT molecular complexity index is 1160. The highest BCUT2D eigenvalue weighted by Gasteiger charge is 2.30. The molecule has 4 rings (SSSR count). The van der Waals surface area contributed by atoms with Gasteiger partial charge in [0.15, 0.2) is 0 Å². The average Bonchev–Trinajstić information content (AvgIpc) is 3.31. The van der Waals surface area contributed by atoms with E-state index in [1.165, 1.54) is 12.1 Å². The third kappa shape index (κ3) is 11.6. The average molecular weight is 548 g/mol. The molecule has 3 aromatic rings. The molecule has 0 N–H and O–H groups in total. The van der Waals surface area contributed by atoms with E-state index in [1.807, 2.05) is 54.6 Å². The van der Waals surface area contributed by atoms with Crippen LogP contribution in [0.15, 0.2) is 96.5 Å². The van der Waals surface area contributed by atoms with Gasteiger partial charge in [0.2, 0.25) is 0 Å². The second-order valence-electron chi connectivity index (χ2n) is 7.84. The molecule has 0 amide bonds. The van der Waals surface area contributed by atoms with Gasteiger partial charge in [0.1, 0.15) is 5.75 Å². The highest BCUT2D eigenvalue weighted by atomic mass is 35.5. The van der Waals surface area contributed by atoms with Gasteiger partial charge in [-0.1, -0.05) is 86.3 Å². The summed E-state index contributed by atoms with van der Waals surface area (Å²) in [6.45, 7) is 7.52. The summed E-state index contributed by atoms with van der Waals surface area (Å²) < 4.78 is 44.1. The van der Waals surface area contributed by atoms with E-state index >= 15 is 0 Å². The Balaban J connectivity index is 0.000000306. The minimum atomic E-state index is -4.64. The molecule has 0 spiro atoms. The second-order valence-corrected chi connectivity index (χ2v) is 8.24. The Kier molecular flexibility index (Phi) is 13.9. The Morgan fingerprint density at radius 2 is 1.61 bits per heavy atom. The van der Waals surface area contributed by atoms with Crippen molar-refractivity contribution >= 4 is 23.3 Å². The molecule has 1 heterocycles. The topological polar surface area (TPSA) is 47.9 Å². The summed E-state index contributed by atoms with van der Waals surface area (Å²) in [4.78, 5) is 14.6. The molecule has 0 saturated heterocycles. The van der Waals surface area contributed by atoms with Crippen LogP contribution in [0.2, 0.25) is 5.02 Å². The molecule has 1 aliphatic rings. The summed E-state index contributed by atoms with van der Waals surface area (Å²) >= 11 is 6.07. The zero-order chi connectivity index (χ0) is 27.3. The van der Waals surface area contributed by atoms with Crippen LogP contribution in [0.1, 0.15) is 39.7 Å². The van der Waals surface area contributed by atoms with E-state index in [9.17, 15) is 18.0 Å². The second kappa shape index (κ2) is 16.3. The maximum atomic E-state index is 11.9. The maximum Gasteiger partial charge on any atom is 0.573 e. The summed E-state index contributed by atoms with van der Waals surface area (Å²) in [6, 6.07) is 23.6. The van der Waals surface area contributed by atoms with Gasteiger partial charge >= 0.3 is 12.3 Å². The van der Waals surface area contributed by atoms with Crippen LogP contribution in [0.25, 0.3) is 11.1 Å². The van der Waals surface area contributed by atoms with Gasteiger partial charge in [-0.25, -0.2) is 4.79 Å². The van der Waals surface area contributed by atoms with Gasteiger partial charge in [0.05, 0.1) is 6.61 Å². The fourth-order valence-electron chi connectivity index (χ4n) is 3.32. The predicted octanol–water partition coefficient (Wildman–Crippen LogP) is 8.94. The fraction of sp³-hybridized carbons (Fsp3) is 0.267. The van der Waals surface area contributed by atoms with Crippen molar-refractivity contribution in [3.05, 3.63) is 102 Å². The van der Waals surface area contributed by atoms with Crippen molar-refractivity contribution in [2.24, 2.45) is 4.99 Å². The third-order valence-electron chi connectivity index (χ3n) is 5.01. The van der Waals surface area contributed by atoms with Crippen molar-refractivity contribution in [1.82, 2.24) is 0 Å². The van der Waals surface area contributed by atoms with Crippen LogP contribution in [-0.4, -0.2) is 30.7 Å². The number of hydrogen-bond donors (Lipinski definition) is 0. The lowest BCUT2D eigenvalue weighted by Gasteiger charge is -2.09. The molecule has 0 fully saturated rings. The Labute approximate surface area is 227 Å². The summed E-state index contributed by atoms with van der Waals surface area (Å²) in [5.74, 6) is -0.570. The molecule has 0 aliphatic carbocycles. The monoisotopic (exact) mass is 547 g/mol. The lowest BCUT2D eigenvalue weighted by Crippen LogP contribution is -2.16. The molecule has 1 unspecified atom stereocenters. The fourth-order valence-corrected chi connectivity index (χ4v) is 3.57. The summed E-state index contributed by atoms with van der Waals surface area (Å²) in [7, 11) is 0. The van der Waals surface area contributed by atoms with E-state index in [4.69, 9.17) is 11.6 Å². The first kappa shape index (κ1) is 32.4. The number of ether oxygens (including phenoxy) is 2. The van der Waals surface area contributed by atoms with Gasteiger partial charge in [-0.15, -0.1) is 13.2 Å². The smallest absolute Gasteiger partial charge is 0.463 e. The van der Waals surface area contributed by atoms with Gasteiger partial charge in [0, 0.05) is 28.4 Å². The largest absolute Gasteiger partial charge is 0.573 e. The van der Waals surface area contributed by atoms with Gasteiger partial charge < -0.3 is 9.47 Å². The van der Waals surface area contributed by atoms with Crippen molar-refractivity contribution in [3.8, 4) is 16.9 Å². The van der Waals surface area contributed by atoms with Gasteiger partial charge in [-0.3, -0.25) is 4.99 Å². The first-order valence-electron chi connectivity index (χ1n) is 11.6. The van der Waals surface area contributed by atoms with Crippen LogP contribution >= 0.6 is 11.6 Å². The molecular weight excluding hydrogens is 515 g/mol. The zero-order valence-electron chi connectivity index (χ0n) is 20.7. The van der Waals surface area contributed by atoms with E-state index in [0.717, 1.165) is 46.3 Å². The van der Waals surface area contributed by atoms with Crippen molar-refractivity contribution in [3.63, 3.8) is 0 Å². The van der Waals surface area contributed by atoms with Gasteiger partial charge in [0.25, 0.3) is 0 Å². The van der Waals surface area contributed by atoms with Crippen molar-refractivity contribution < 1.29 is 27.4 Å². The van der Waals surface area contributed by atoms with E-state index in [0.29, 0.717) is 12.6 Å². The molecule has 0 bridgehead atoms. The number of esters is 1. The number of halogens is 4. The Morgan fingerprint density at radius 3 is 2.08 bits per heavy atom. The normalized spacial score (nSPS) is 13.8. The molecule has 1 aliphatic heterocycles. The summed E-state index contributed by atoms with van der Waals surface area (Å²) in [6.07, 6.45) is -1.29. The molecule has 204 valence electrons. The molecule has 1 atom stereocenters. The molecular formula is C30H33ClF3NO3. The highest BCUT2D eigenvalue weighted by molar-refractivity contribution is 6.34. The van der Waals surface area contributed by atoms with Crippen molar-refractivity contribution in [1.29, 1.82) is 0 Å². The number of nitrogens with zero attached hydrogens (tertiary/aromatic N) is 1. The quantitative estimate of drug-likeness (QED) is 0.236. The molecule has 0 saturated carbocycles. The molecule has 8 heteroatoms. The lowest BCUT2D eigenvalue weighted by molar-refractivity contribution is -0.274. The predicted molar refractivity (Wildman–Crippen MR) is 149 cm³/mol. The summed E-state index contributed by atoms with van der Waals surface area (Å²) in [5, 5.41) is 0.815. The third-order valence-corrected chi connectivity index (χ3v) is 5.34. The lowest BCUT2D eigenvalue weighted by atomic mass is 10.1. The maximum absolute atomic E-state index is 11.9. The number of alkyl halides is 3. The van der Waals surface area contributed by atoms with Crippen LogP contribution in [0, 0.1) is 0 Å². The number of hydrogen-bond acceptors (Lipinski definition) is 4. The summed E-state index contributed by atoms with van der Waals surface area (Å²) in [5.41, 5.74) is 4.07. The molecule has 0 radical (unpaired) electrons. The molecule has 3 aromatic carbocycles. The van der Waals surface area contributed by atoms with Gasteiger partial charge in [-0.05, 0) is 56.0 Å². The first-order chi connectivity index (χ1) is 17.6. The van der Waals surface area contributed by atoms with Crippen molar-refractivity contribution in [2.75, 3.05) is 6.61 Å².